The van der Waals surface area contributed by atoms with Gasteiger partial charge >= 0.3 is 0 Å². The fraction of sp³-hybridized carbons (Fsp3) is 0.500. The minimum atomic E-state index is -0.539. The molecule has 6 nitrogen and oxygen atoms in total. The number of carbonyl (C=O) groups excluding carboxylic acids is 1. The number of piperidine rings is 1. The van der Waals surface area contributed by atoms with Gasteiger partial charge in [-0.15, -0.1) is 0 Å². The Morgan fingerprint density at radius 2 is 2.18 bits per heavy atom. The van der Waals surface area contributed by atoms with Crippen molar-refractivity contribution in [3.05, 3.63) is 23.8 Å². The highest BCUT2D eigenvalue weighted by molar-refractivity contribution is 6.42. The lowest BCUT2D eigenvalue weighted by Crippen LogP contribution is -2.32. The molecule has 0 aliphatic carbocycles. The van der Waals surface area contributed by atoms with Crippen molar-refractivity contribution < 1.29 is 9.53 Å². The summed E-state index contributed by atoms with van der Waals surface area (Å²) in [6.07, 6.45) is 3.53. The van der Waals surface area contributed by atoms with E-state index in [0.29, 0.717) is 13.2 Å². The molecule has 6 heteroatoms. The lowest BCUT2D eigenvalue weighted by molar-refractivity contribution is -0.112. The lowest BCUT2D eigenvalue weighted by Gasteiger charge is -2.23. The van der Waals surface area contributed by atoms with Gasteiger partial charge in [-0.25, -0.2) is 0 Å². The molecule has 0 aromatic heterocycles. The summed E-state index contributed by atoms with van der Waals surface area (Å²) in [6.45, 7) is 3.36. The Hall–Kier alpha value is -2.08. The molecule has 2 aliphatic heterocycles. The van der Waals surface area contributed by atoms with Crippen LogP contribution in [0.25, 0.3) is 0 Å². The number of nitrogens with two attached hydrogens (primary N) is 1. The van der Waals surface area contributed by atoms with Crippen molar-refractivity contribution in [2.45, 2.75) is 25.8 Å². The van der Waals surface area contributed by atoms with Crippen molar-refractivity contribution in [3.8, 4) is 5.75 Å². The molecule has 118 valence electrons. The van der Waals surface area contributed by atoms with Gasteiger partial charge in [-0.1, -0.05) is 6.07 Å². The monoisotopic (exact) mass is 302 g/mol. The summed E-state index contributed by atoms with van der Waals surface area (Å²) in [5, 5.41) is 6.34. The molecule has 22 heavy (non-hydrogen) atoms. The number of benzene rings is 1. The summed E-state index contributed by atoms with van der Waals surface area (Å²) >= 11 is 0. The molecule has 0 bridgehead atoms. The van der Waals surface area contributed by atoms with Gasteiger partial charge in [-0.05, 0) is 50.4 Å². The Bertz CT molecular complexity index is 580. The molecule has 0 atom stereocenters. The third kappa shape index (κ3) is 3.39. The Labute approximate surface area is 130 Å². The zero-order valence-electron chi connectivity index (χ0n) is 12.6. The van der Waals surface area contributed by atoms with Crippen LogP contribution >= 0.6 is 0 Å². The van der Waals surface area contributed by atoms with Gasteiger partial charge in [-0.3, -0.25) is 9.79 Å². The molecule has 1 amide bonds. The summed E-state index contributed by atoms with van der Waals surface area (Å²) in [6, 6.07) is 5.77. The van der Waals surface area contributed by atoms with Gasteiger partial charge in [0.15, 0.2) is 5.84 Å². The van der Waals surface area contributed by atoms with E-state index in [1.165, 1.54) is 12.8 Å². The van der Waals surface area contributed by atoms with Crippen molar-refractivity contribution in [3.63, 3.8) is 0 Å². The van der Waals surface area contributed by atoms with Gasteiger partial charge in [-0.2, -0.15) is 0 Å². The summed E-state index contributed by atoms with van der Waals surface area (Å²) in [5.41, 5.74) is 7.09. The molecular formula is C16H22N4O2. The van der Waals surface area contributed by atoms with Gasteiger partial charge in [0, 0.05) is 11.3 Å². The van der Waals surface area contributed by atoms with Crippen LogP contribution in [0.3, 0.4) is 0 Å². The predicted molar refractivity (Wildman–Crippen MR) is 86.1 cm³/mol. The highest BCUT2D eigenvalue weighted by atomic mass is 16.5. The Balaban J connectivity index is 1.60. The summed E-state index contributed by atoms with van der Waals surface area (Å²) < 4.78 is 5.96. The largest absolute Gasteiger partial charge is 0.493 e. The number of amides is 1. The molecule has 0 saturated carbocycles. The third-order valence-corrected chi connectivity index (χ3v) is 4.26. The van der Waals surface area contributed by atoms with E-state index in [2.05, 4.69) is 15.6 Å². The predicted octanol–water partition coefficient (Wildman–Crippen LogP) is 1.26. The van der Waals surface area contributed by atoms with E-state index in [-0.39, 0.29) is 5.84 Å². The molecule has 3 rings (SSSR count). The number of primary amides is 1. The van der Waals surface area contributed by atoms with Crippen molar-refractivity contribution in [2.75, 3.05) is 25.0 Å². The van der Waals surface area contributed by atoms with E-state index in [4.69, 9.17) is 10.5 Å². The number of fused-ring (bicyclic) bond motifs is 1. The molecule has 2 aliphatic rings. The summed E-state index contributed by atoms with van der Waals surface area (Å²) in [5.74, 6) is 1.26. The first-order valence-corrected chi connectivity index (χ1v) is 7.80. The Kier molecular flexibility index (Phi) is 4.58. The van der Waals surface area contributed by atoms with Gasteiger partial charge in [0.1, 0.15) is 5.75 Å². The highest BCUT2D eigenvalue weighted by Crippen LogP contribution is 2.30. The normalized spacial score (nSPS) is 18.1. The number of carbonyl (C=O) groups is 1. The van der Waals surface area contributed by atoms with Crippen molar-refractivity contribution in [1.82, 2.24) is 5.32 Å². The zero-order chi connectivity index (χ0) is 15.4. The topological polar surface area (TPSA) is 88.7 Å². The molecule has 1 aromatic rings. The van der Waals surface area contributed by atoms with Crippen LogP contribution in [0, 0.1) is 5.92 Å². The van der Waals surface area contributed by atoms with E-state index >= 15 is 0 Å². The molecule has 0 spiro atoms. The zero-order valence-corrected chi connectivity index (χ0v) is 12.6. The van der Waals surface area contributed by atoms with Gasteiger partial charge in [0.25, 0.3) is 5.91 Å². The number of ether oxygens (including phenoxy) is 1. The van der Waals surface area contributed by atoms with Crippen LogP contribution in [0.15, 0.2) is 23.2 Å². The fourth-order valence-corrected chi connectivity index (χ4v) is 2.95. The number of nitrogens with one attached hydrogen (secondary N) is 2. The Morgan fingerprint density at radius 1 is 1.36 bits per heavy atom. The van der Waals surface area contributed by atoms with Crippen molar-refractivity contribution >= 4 is 17.4 Å². The van der Waals surface area contributed by atoms with Crippen molar-refractivity contribution in [2.24, 2.45) is 16.6 Å². The van der Waals surface area contributed by atoms with Crippen LogP contribution in [0.2, 0.25) is 0 Å². The number of hydrogen-bond acceptors (Lipinski definition) is 5. The first kappa shape index (κ1) is 14.8. The fourth-order valence-electron chi connectivity index (χ4n) is 2.95. The molecule has 1 saturated heterocycles. The third-order valence-electron chi connectivity index (χ3n) is 4.26. The van der Waals surface area contributed by atoms with Crippen LogP contribution < -0.4 is 21.1 Å². The number of aliphatic imine (C=N–C) groups is 1. The van der Waals surface area contributed by atoms with Gasteiger partial charge in [0.05, 0.1) is 13.2 Å². The van der Waals surface area contributed by atoms with E-state index in [0.717, 1.165) is 42.4 Å². The second kappa shape index (κ2) is 6.79. The van der Waals surface area contributed by atoms with Crippen LogP contribution in [0.5, 0.6) is 5.75 Å². The van der Waals surface area contributed by atoms with E-state index in [9.17, 15) is 4.79 Å². The van der Waals surface area contributed by atoms with E-state index < -0.39 is 5.91 Å². The number of rotatable bonds is 5. The molecule has 0 radical (unpaired) electrons. The van der Waals surface area contributed by atoms with Crippen LogP contribution in [-0.2, 0) is 11.3 Å². The average Bonchev–Trinajstić information content (AvgIpc) is 2.55. The number of nitrogens with zero attached hydrogens (tertiary/aromatic N) is 1. The smallest absolute Gasteiger partial charge is 0.284 e. The number of anilines is 1. The SMILES string of the molecule is NC(=O)C1=NCc2c(cccc2OCCC2CCNCC2)N1. The minimum absolute atomic E-state index is 0.208. The first-order chi connectivity index (χ1) is 10.7. The second-order valence-electron chi connectivity index (χ2n) is 5.77. The van der Waals surface area contributed by atoms with Crippen LogP contribution in [-0.4, -0.2) is 31.4 Å². The highest BCUT2D eigenvalue weighted by Gasteiger charge is 2.19. The number of amidine groups is 1. The minimum Gasteiger partial charge on any atom is -0.493 e. The Morgan fingerprint density at radius 3 is 2.95 bits per heavy atom. The average molecular weight is 302 g/mol. The first-order valence-electron chi connectivity index (χ1n) is 7.80. The molecule has 1 fully saturated rings. The van der Waals surface area contributed by atoms with Crippen molar-refractivity contribution in [1.29, 1.82) is 0 Å². The van der Waals surface area contributed by atoms with Crippen LogP contribution in [0.1, 0.15) is 24.8 Å². The van der Waals surface area contributed by atoms with Gasteiger partial charge < -0.3 is 21.1 Å². The van der Waals surface area contributed by atoms with Gasteiger partial charge in [0.2, 0.25) is 0 Å². The molecule has 0 unspecified atom stereocenters. The van der Waals surface area contributed by atoms with Crippen LogP contribution in [0.4, 0.5) is 5.69 Å². The summed E-state index contributed by atoms with van der Waals surface area (Å²) in [7, 11) is 0. The lowest BCUT2D eigenvalue weighted by atomic mass is 9.95. The maximum absolute atomic E-state index is 11.2. The maximum Gasteiger partial charge on any atom is 0.284 e. The second-order valence-corrected chi connectivity index (χ2v) is 5.77. The molecule has 2 heterocycles. The molecular weight excluding hydrogens is 280 g/mol. The number of hydrogen-bond donors (Lipinski definition) is 3. The van der Waals surface area contributed by atoms with E-state index in [1.807, 2.05) is 18.2 Å². The summed E-state index contributed by atoms with van der Waals surface area (Å²) in [4.78, 5) is 15.4. The standard InChI is InChI=1S/C16H22N4O2/c17-15(21)16-19-10-12-13(20-16)2-1-3-14(12)22-9-6-11-4-7-18-8-5-11/h1-3,11,18H,4-10H2,(H2,17,21)(H,19,20). The molecule has 4 N–H and O–H groups in total. The van der Waals surface area contributed by atoms with E-state index in [1.54, 1.807) is 0 Å². The quantitative estimate of drug-likeness (QED) is 0.764. The molecule has 1 aromatic carbocycles. The maximum atomic E-state index is 11.2.